The van der Waals surface area contributed by atoms with Gasteiger partial charge in [-0.1, -0.05) is 6.07 Å². The molecule has 3 N–H and O–H groups in total. The lowest BCUT2D eigenvalue weighted by atomic mass is 10.1. The molecular formula is C12H15NO4. The molecule has 1 aromatic rings. The minimum Gasteiger partial charge on any atom is -0.481 e. The summed E-state index contributed by atoms with van der Waals surface area (Å²) in [5.74, 6) is -2.32. The van der Waals surface area contributed by atoms with E-state index in [-0.39, 0.29) is 0 Å². The quantitative estimate of drug-likeness (QED) is 0.724. The number of carbonyl (C=O) groups is 2. The first kappa shape index (κ1) is 13.0. The maximum atomic E-state index is 10.9. The second kappa shape index (κ2) is 5.34. The minimum absolute atomic E-state index is 0.456. The maximum absolute atomic E-state index is 10.9. The number of anilines is 1. The molecule has 0 aliphatic heterocycles. The molecule has 0 spiro atoms. The van der Waals surface area contributed by atoms with Crippen LogP contribution in [-0.4, -0.2) is 28.2 Å². The zero-order valence-corrected chi connectivity index (χ0v) is 9.73. The Kier molecular flexibility index (Phi) is 4.09. The molecule has 5 nitrogen and oxygen atoms in total. The Morgan fingerprint density at radius 3 is 2.35 bits per heavy atom. The Balaban J connectivity index is 2.82. The van der Waals surface area contributed by atoms with E-state index in [2.05, 4.69) is 5.32 Å². The Bertz CT molecular complexity index is 442. The molecule has 0 aromatic heterocycles. The highest BCUT2D eigenvalue weighted by Crippen LogP contribution is 2.15. The van der Waals surface area contributed by atoms with E-state index in [9.17, 15) is 9.59 Å². The molecule has 0 bridgehead atoms. The second-order valence-electron chi connectivity index (χ2n) is 3.93. The summed E-state index contributed by atoms with van der Waals surface area (Å²) >= 11 is 0. The Hall–Kier alpha value is -2.04. The predicted molar refractivity (Wildman–Crippen MR) is 63.2 cm³/mol. The lowest BCUT2D eigenvalue weighted by molar-refractivity contribution is -0.144. The van der Waals surface area contributed by atoms with Crippen molar-refractivity contribution in [1.82, 2.24) is 0 Å². The molecule has 17 heavy (non-hydrogen) atoms. The SMILES string of the molecule is Cc1ccc(NC(CC(=O)O)C(=O)O)cc1C. The van der Waals surface area contributed by atoms with Crippen LogP contribution in [0, 0.1) is 13.8 Å². The van der Waals surface area contributed by atoms with Crippen LogP contribution in [0.4, 0.5) is 5.69 Å². The first-order valence-electron chi connectivity index (χ1n) is 5.18. The number of carboxylic acid groups (broad SMARTS) is 2. The summed E-state index contributed by atoms with van der Waals surface area (Å²) in [5, 5.41) is 20.2. The average molecular weight is 237 g/mol. The lowest BCUT2D eigenvalue weighted by Crippen LogP contribution is -2.31. The largest absolute Gasteiger partial charge is 0.481 e. The van der Waals surface area contributed by atoms with Crippen molar-refractivity contribution in [3.05, 3.63) is 29.3 Å². The van der Waals surface area contributed by atoms with Crippen molar-refractivity contribution in [3.63, 3.8) is 0 Å². The molecule has 1 aromatic carbocycles. The van der Waals surface area contributed by atoms with Crippen LogP contribution in [0.5, 0.6) is 0 Å². The molecule has 1 rings (SSSR count). The summed E-state index contributed by atoms with van der Waals surface area (Å²) in [6.07, 6.45) is -0.456. The van der Waals surface area contributed by atoms with E-state index in [4.69, 9.17) is 10.2 Å². The number of nitrogens with one attached hydrogen (secondary N) is 1. The lowest BCUT2D eigenvalue weighted by Gasteiger charge is -2.14. The average Bonchev–Trinajstić information content (AvgIpc) is 2.21. The minimum atomic E-state index is -1.18. The molecule has 0 amide bonds. The number of carboxylic acids is 2. The van der Waals surface area contributed by atoms with E-state index >= 15 is 0 Å². The van der Waals surface area contributed by atoms with Crippen molar-refractivity contribution in [1.29, 1.82) is 0 Å². The molecule has 0 radical (unpaired) electrons. The first-order chi connectivity index (χ1) is 7.90. The van der Waals surface area contributed by atoms with E-state index in [0.29, 0.717) is 5.69 Å². The van der Waals surface area contributed by atoms with Crippen molar-refractivity contribution in [3.8, 4) is 0 Å². The van der Waals surface area contributed by atoms with Gasteiger partial charge in [0.25, 0.3) is 0 Å². The van der Waals surface area contributed by atoms with Gasteiger partial charge in [-0.15, -0.1) is 0 Å². The van der Waals surface area contributed by atoms with Crippen molar-refractivity contribution >= 4 is 17.6 Å². The van der Waals surface area contributed by atoms with Gasteiger partial charge in [-0.05, 0) is 37.1 Å². The van der Waals surface area contributed by atoms with Crippen molar-refractivity contribution in [2.24, 2.45) is 0 Å². The smallest absolute Gasteiger partial charge is 0.326 e. The molecule has 0 aliphatic rings. The number of hydrogen-bond donors (Lipinski definition) is 3. The number of aryl methyl sites for hydroxylation is 2. The number of rotatable bonds is 5. The fourth-order valence-electron chi connectivity index (χ4n) is 1.41. The third kappa shape index (κ3) is 3.79. The first-order valence-corrected chi connectivity index (χ1v) is 5.18. The maximum Gasteiger partial charge on any atom is 0.326 e. The fourth-order valence-corrected chi connectivity index (χ4v) is 1.41. The van der Waals surface area contributed by atoms with Gasteiger partial charge in [-0.25, -0.2) is 4.79 Å². The molecule has 0 saturated heterocycles. The standard InChI is InChI=1S/C12H15NO4/c1-7-3-4-9(5-8(7)2)13-10(12(16)17)6-11(14)15/h3-5,10,13H,6H2,1-2H3,(H,14,15)(H,16,17). The van der Waals surface area contributed by atoms with Crippen LogP contribution in [0.3, 0.4) is 0 Å². The monoisotopic (exact) mass is 237 g/mol. The second-order valence-corrected chi connectivity index (χ2v) is 3.93. The normalized spacial score (nSPS) is 11.9. The van der Waals surface area contributed by atoms with Gasteiger partial charge in [0.1, 0.15) is 6.04 Å². The number of benzene rings is 1. The van der Waals surface area contributed by atoms with Crippen molar-refractivity contribution < 1.29 is 19.8 Å². The zero-order chi connectivity index (χ0) is 13.0. The van der Waals surface area contributed by atoms with Crippen LogP contribution >= 0.6 is 0 Å². The summed E-state index contributed by atoms with van der Waals surface area (Å²) in [5.41, 5.74) is 2.73. The molecule has 5 heteroatoms. The van der Waals surface area contributed by atoms with Gasteiger partial charge < -0.3 is 15.5 Å². The summed E-state index contributed by atoms with van der Waals surface area (Å²) < 4.78 is 0. The molecule has 1 unspecified atom stereocenters. The van der Waals surface area contributed by atoms with Gasteiger partial charge in [0.2, 0.25) is 0 Å². The van der Waals surface area contributed by atoms with Crippen molar-refractivity contribution in [2.45, 2.75) is 26.3 Å². The molecule has 0 saturated carbocycles. The van der Waals surface area contributed by atoms with Gasteiger partial charge in [-0.2, -0.15) is 0 Å². The Morgan fingerprint density at radius 1 is 1.24 bits per heavy atom. The number of aliphatic carboxylic acids is 2. The molecular weight excluding hydrogens is 222 g/mol. The predicted octanol–water partition coefficient (Wildman–Crippen LogP) is 1.64. The third-order valence-corrected chi connectivity index (χ3v) is 2.52. The summed E-state index contributed by atoms with van der Waals surface area (Å²) in [4.78, 5) is 21.4. The highest BCUT2D eigenvalue weighted by molar-refractivity contribution is 5.83. The van der Waals surface area contributed by atoms with E-state index < -0.39 is 24.4 Å². The van der Waals surface area contributed by atoms with Crippen LogP contribution in [-0.2, 0) is 9.59 Å². The van der Waals surface area contributed by atoms with Crippen LogP contribution in [0.1, 0.15) is 17.5 Å². The van der Waals surface area contributed by atoms with Gasteiger partial charge in [0.15, 0.2) is 0 Å². The molecule has 0 heterocycles. The number of hydrogen-bond acceptors (Lipinski definition) is 3. The summed E-state index contributed by atoms with van der Waals surface area (Å²) in [7, 11) is 0. The van der Waals surface area contributed by atoms with Crippen LogP contribution < -0.4 is 5.32 Å². The van der Waals surface area contributed by atoms with Crippen LogP contribution in [0.25, 0.3) is 0 Å². The third-order valence-electron chi connectivity index (χ3n) is 2.52. The van der Waals surface area contributed by atoms with Crippen LogP contribution in [0.2, 0.25) is 0 Å². The summed E-state index contributed by atoms with van der Waals surface area (Å²) in [6.45, 7) is 3.86. The molecule has 92 valence electrons. The topological polar surface area (TPSA) is 86.6 Å². The Morgan fingerprint density at radius 2 is 1.88 bits per heavy atom. The highest BCUT2D eigenvalue weighted by atomic mass is 16.4. The highest BCUT2D eigenvalue weighted by Gasteiger charge is 2.20. The molecule has 1 atom stereocenters. The zero-order valence-electron chi connectivity index (χ0n) is 9.73. The Labute approximate surface area is 99.1 Å². The van der Waals surface area contributed by atoms with Gasteiger partial charge in [0.05, 0.1) is 6.42 Å². The van der Waals surface area contributed by atoms with Crippen molar-refractivity contribution in [2.75, 3.05) is 5.32 Å². The fraction of sp³-hybridized carbons (Fsp3) is 0.333. The van der Waals surface area contributed by atoms with Crippen LogP contribution in [0.15, 0.2) is 18.2 Å². The van der Waals surface area contributed by atoms with Gasteiger partial charge >= 0.3 is 11.9 Å². The van der Waals surface area contributed by atoms with E-state index in [1.165, 1.54) is 0 Å². The van der Waals surface area contributed by atoms with E-state index in [1.54, 1.807) is 12.1 Å². The van der Waals surface area contributed by atoms with Gasteiger partial charge in [-0.3, -0.25) is 4.79 Å². The molecule has 0 fully saturated rings. The summed E-state index contributed by atoms with van der Waals surface area (Å²) in [6, 6.07) is 4.28. The van der Waals surface area contributed by atoms with E-state index in [0.717, 1.165) is 11.1 Å². The van der Waals surface area contributed by atoms with E-state index in [1.807, 2.05) is 19.9 Å². The molecule has 0 aliphatic carbocycles. The van der Waals surface area contributed by atoms with Gasteiger partial charge in [0, 0.05) is 5.69 Å².